The summed E-state index contributed by atoms with van der Waals surface area (Å²) in [5.41, 5.74) is 5.59. The third-order valence-corrected chi connectivity index (χ3v) is 2.06. The molecular weight excluding hydrogens is 211 g/mol. The van der Waals surface area contributed by atoms with Crippen LogP contribution in [-0.2, 0) is 4.74 Å². The van der Waals surface area contributed by atoms with Crippen LogP contribution in [-0.4, -0.2) is 25.7 Å². The maximum absolute atomic E-state index is 13.1. The van der Waals surface area contributed by atoms with E-state index in [0.29, 0.717) is 6.61 Å². The molecule has 0 fully saturated rings. The highest BCUT2D eigenvalue weighted by atomic mass is 19.1. The molecule has 1 rings (SSSR count). The van der Waals surface area contributed by atoms with E-state index < -0.39 is 5.82 Å². The zero-order valence-electron chi connectivity index (χ0n) is 9.29. The van der Waals surface area contributed by atoms with Crippen molar-refractivity contribution in [2.24, 2.45) is 0 Å². The molecule has 1 unspecified atom stereocenters. The first-order valence-electron chi connectivity index (χ1n) is 4.89. The van der Waals surface area contributed by atoms with Gasteiger partial charge in [0.25, 0.3) is 5.91 Å². The zero-order chi connectivity index (χ0) is 12.1. The molecule has 1 amide bonds. The molecule has 3 N–H and O–H groups in total. The Hall–Kier alpha value is -1.62. The number of methoxy groups -OCH3 is 1. The zero-order valence-corrected chi connectivity index (χ0v) is 9.29. The van der Waals surface area contributed by atoms with Crippen LogP contribution < -0.4 is 11.1 Å². The number of ether oxygens (including phenoxy) is 1. The number of halogens is 1. The summed E-state index contributed by atoms with van der Waals surface area (Å²) in [7, 11) is 1.55. The molecule has 0 saturated carbocycles. The fraction of sp³-hybridized carbons (Fsp3) is 0.364. The lowest BCUT2D eigenvalue weighted by Crippen LogP contribution is -2.35. The average molecular weight is 226 g/mol. The Morgan fingerprint density at radius 2 is 2.31 bits per heavy atom. The predicted molar refractivity (Wildman–Crippen MR) is 59.6 cm³/mol. The summed E-state index contributed by atoms with van der Waals surface area (Å²) in [6.07, 6.45) is 0. The van der Waals surface area contributed by atoms with E-state index in [1.165, 1.54) is 12.1 Å². The Labute approximate surface area is 93.6 Å². The quantitative estimate of drug-likeness (QED) is 0.757. The molecule has 0 aliphatic carbocycles. The number of carbonyl (C=O) groups excluding carboxylic acids is 1. The number of rotatable bonds is 4. The van der Waals surface area contributed by atoms with Crippen molar-refractivity contribution in [1.82, 2.24) is 5.32 Å². The number of hydrogen-bond acceptors (Lipinski definition) is 3. The minimum Gasteiger partial charge on any atom is -0.396 e. The Morgan fingerprint density at radius 3 is 2.88 bits per heavy atom. The standard InChI is InChI=1S/C11H15FN2O2/c1-7(6-16-2)14-11(15)8-3-4-10(13)9(12)5-8/h3-5,7H,6,13H2,1-2H3,(H,14,15). The van der Waals surface area contributed by atoms with Crippen LogP contribution in [0.25, 0.3) is 0 Å². The van der Waals surface area contributed by atoms with Gasteiger partial charge in [0.2, 0.25) is 0 Å². The molecule has 0 radical (unpaired) electrons. The van der Waals surface area contributed by atoms with E-state index in [-0.39, 0.29) is 23.2 Å². The summed E-state index contributed by atoms with van der Waals surface area (Å²) in [6.45, 7) is 2.21. The van der Waals surface area contributed by atoms with E-state index in [1.54, 1.807) is 14.0 Å². The molecule has 1 aromatic rings. The van der Waals surface area contributed by atoms with E-state index in [2.05, 4.69) is 5.32 Å². The molecular formula is C11H15FN2O2. The average Bonchev–Trinajstić information content (AvgIpc) is 2.22. The SMILES string of the molecule is COCC(C)NC(=O)c1ccc(N)c(F)c1. The number of nitrogens with two attached hydrogens (primary N) is 1. The topological polar surface area (TPSA) is 64.3 Å². The summed E-state index contributed by atoms with van der Waals surface area (Å²) in [5.74, 6) is -0.935. The van der Waals surface area contributed by atoms with Gasteiger partial charge < -0.3 is 15.8 Å². The molecule has 0 spiro atoms. The van der Waals surface area contributed by atoms with Gasteiger partial charge in [-0.05, 0) is 25.1 Å². The molecule has 5 heteroatoms. The maximum atomic E-state index is 13.1. The second-order valence-corrected chi connectivity index (χ2v) is 3.57. The summed E-state index contributed by atoms with van der Waals surface area (Å²) >= 11 is 0. The largest absolute Gasteiger partial charge is 0.396 e. The number of carbonyl (C=O) groups is 1. The minimum atomic E-state index is -0.591. The van der Waals surface area contributed by atoms with Crippen LogP contribution in [0.3, 0.4) is 0 Å². The summed E-state index contributed by atoms with van der Waals surface area (Å²) in [4.78, 5) is 11.6. The van der Waals surface area contributed by atoms with Gasteiger partial charge in [0, 0.05) is 18.7 Å². The van der Waals surface area contributed by atoms with Gasteiger partial charge >= 0.3 is 0 Å². The Balaban J connectivity index is 2.69. The molecule has 0 saturated heterocycles. The summed E-state index contributed by atoms with van der Waals surface area (Å²) < 4.78 is 18.0. The highest BCUT2D eigenvalue weighted by Crippen LogP contribution is 2.11. The Morgan fingerprint density at radius 1 is 1.62 bits per heavy atom. The second-order valence-electron chi connectivity index (χ2n) is 3.57. The van der Waals surface area contributed by atoms with Crippen molar-refractivity contribution in [3.05, 3.63) is 29.6 Å². The van der Waals surface area contributed by atoms with Gasteiger partial charge in [-0.15, -0.1) is 0 Å². The van der Waals surface area contributed by atoms with E-state index >= 15 is 0 Å². The monoisotopic (exact) mass is 226 g/mol. The first-order valence-corrected chi connectivity index (χ1v) is 4.89. The van der Waals surface area contributed by atoms with E-state index in [1.807, 2.05) is 0 Å². The Kier molecular flexibility index (Phi) is 4.25. The fourth-order valence-electron chi connectivity index (χ4n) is 1.27. The first kappa shape index (κ1) is 12.4. The van der Waals surface area contributed by atoms with Crippen molar-refractivity contribution in [3.8, 4) is 0 Å². The van der Waals surface area contributed by atoms with Crippen LogP contribution in [0.1, 0.15) is 17.3 Å². The van der Waals surface area contributed by atoms with Gasteiger partial charge in [0.1, 0.15) is 5.82 Å². The Bertz CT molecular complexity index is 382. The van der Waals surface area contributed by atoms with Gasteiger partial charge in [0.05, 0.1) is 12.3 Å². The van der Waals surface area contributed by atoms with Crippen molar-refractivity contribution >= 4 is 11.6 Å². The lowest BCUT2D eigenvalue weighted by Gasteiger charge is -2.12. The third kappa shape index (κ3) is 3.20. The molecule has 0 aromatic heterocycles. The van der Waals surface area contributed by atoms with Crippen LogP contribution in [0.5, 0.6) is 0 Å². The summed E-state index contributed by atoms with van der Waals surface area (Å²) in [5, 5.41) is 2.67. The fourth-order valence-corrected chi connectivity index (χ4v) is 1.27. The molecule has 88 valence electrons. The van der Waals surface area contributed by atoms with Gasteiger partial charge in [0.15, 0.2) is 0 Å². The molecule has 0 aliphatic heterocycles. The number of nitrogens with one attached hydrogen (secondary N) is 1. The molecule has 4 nitrogen and oxygen atoms in total. The number of hydrogen-bond donors (Lipinski definition) is 2. The third-order valence-electron chi connectivity index (χ3n) is 2.06. The van der Waals surface area contributed by atoms with Gasteiger partial charge in [-0.1, -0.05) is 0 Å². The van der Waals surface area contributed by atoms with Gasteiger partial charge in [-0.3, -0.25) is 4.79 Å². The molecule has 1 atom stereocenters. The summed E-state index contributed by atoms with van der Waals surface area (Å²) in [6, 6.07) is 3.83. The number of benzene rings is 1. The highest BCUT2D eigenvalue weighted by Gasteiger charge is 2.11. The van der Waals surface area contributed by atoms with Crippen molar-refractivity contribution in [2.45, 2.75) is 13.0 Å². The van der Waals surface area contributed by atoms with Crippen LogP contribution in [0.15, 0.2) is 18.2 Å². The number of nitrogen functional groups attached to an aromatic ring is 1. The number of amides is 1. The van der Waals surface area contributed by atoms with Crippen LogP contribution in [0.2, 0.25) is 0 Å². The van der Waals surface area contributed by atoms with Crippen LogP contribution >= 0.6 is 0 Å². The molecule has 0 heterocycles. The van der Waals surface area contributed by atoms with Gasteiger partial charge in [-0.25, -0.2) is 4.39 Å². The number of anilines is 1. The predicted octanol–water partition coefficient (Wildman–Crippen LogP) is 1.17. The van der Waals surface area contributed by atoms with Crippen LogP contribution in [0.4, 0.5) is 10.1 Å². The lowest BCUT2D eigenvalue weighted by atomic mass is 10.2. The van der Waals surface area contributed by atoms with Crippen LogP contribution in [0, 0.1) is 5.82 Å². The maximum Gasteiger partial charge on any atom is 0.251 e. The molecule has 0 aliphatic rings. The van der Waals surface area contributed by atoms with Gasteiger partial charge in [-0.2, -0.15) is 0 Å². The molecule has 16 heavy (non-hydrogen) atoms. The molecule has 0 bridgehead atoms. The van der Waals surface area contributed by atoms with Crippen molar-refractivity contribution in [3.63, 3.8) is 0 Å². The molecule has 1 aromatic carbocycles. The van der Waals surface area contributed by atoms with Crippen molar-refractivity contribution in [1.29, 1.82) is 0 Å². The lowest BCUT2D eigenvalue weighted by molar-refractivity contribution is 0.0905. The first-order chi connectivity index (χ1) is 7.54. The van der Waals surface area contributed by atoms with Crippen molar-refractivity contribution < 1.29 is 13.9 Å². The van der Waals surface area contributed by atoms with E-state index in [9.17, 15) is 9.18 Å². The highest BCUT2D eigenvalue weighted by molar-refractivity contribution is 5.94. The van der Waals surface area contributed by atoms with E-state index in [0.717, 1.165) is 6.07 Å². The second kappa shape index (κ2) is 5.46. The van der Waals surface area contributed by atoms with E-state index in [4.69, 9.17) is 10.5 Å². The normalized spacial score (nSPS) is 12.2. The smallest absolute Gasteiger partial charge is 0.251 e. The minimum absolute atomic E-state index is 0.0292. The van der Waals surface area contributed by atoms with Crippen molar-refractivity contribution in [2.75, 3.05) is 19.5 Å².